The highest BCUT2D eigenvalue weighted by Gasteiger charge is 2.22. The van der Waals surface area contributed by atoms with Gasteiger partial charge in [-0.1, -0.05) is 49.2 Å². The molecule has 1 aromatic carbocycles. The minimum atomic E-state index is -0.125. The topological polar surface area (TPSA) is 66.1 Å². The Balaban J connectivity index is 1.34. The number of carbonyl (C=O) groups excluding carboxylic acids is 1. The number of rotatable bonds is 5. The molecule has 1 N–H and O–H groups in total. The van der Waals surface area contributed by atoms with Crippen LogP contribution in [-0.4, -0.2) is 39.6 Å². The molecule has 2 aliphatic carbocycles. The van der Waals surface area contributed by atoms with Crippen molar-refractivity contribution in [3.8, 4) is 11.1 Å². The third kappa shape index (κ3) is 4.37. The van der Waals surface area contributed by atoms with Crippen LogP contribution in [-0.2, 0) is 17.6 Å². The van der Waals surface area contributed by atoms with Gasteiger partial charge in [-0.3, -0.25) is 9.59 Å². The quantitative estimate of drug-likeness (QED) is 0.402. The van der Waals surface area contributed by atoms with Crippen molar-refractivity contribution in [1.29, 1.82) is 0 Å². The van der Waals surface area contributed by atoms with Crippen LogP contribution in [0.15, 0.2) is 33.5 Å². The summed E-state index contributed by atoms with van der Waals surface area (Å²) in [5.74, 6) is 0.399. The molecule has 0 radical (unpaired) electrons. The maximum atomic E-state index is 13.0. The Hall–Kier alpha value is -2.12. The molecule has 3 aromatic rings. The van der Waals surface area contributed by atoms with Crippen molar-refractivity contribution in [3.63, 3.8) is 0 Å². The molecule has 32 heavy (non-hydrogen) atoms. The lowest BCUT2D eigenvalue weighted by molar-refractivity contribution is -0.129. The van der Waals surface area contributed by atoms with Crippen molar-refractivity contribution in [2.75, 3.05) is 12.8 Å². The fraction of sp³-hybridized carbons (Fsp3) is 0.480. The number of thioether (sulfide) groups is 1. The van der Waals surface area contributed by atoms with Gasteiger partial charge in [-0.25, -0.2) is 4.98 Å². The first-order valence-corrected chi connectivity index (χ1v) is 13.5. The summed E-state index contributed by atoms with van der Waals surface area (Å²) in [6.07, 6.45) is 10.6. The van der Waals surface area contributed by atoms with E-state index in [1.807, 2.05) is 17.3 Å². The number of amides is 1. The second kappa shape index (κ2) is 9.40. The molecule has 0 aliphatic heterocycles. The SMILES string of the molecule is CN(C(=O)CSc1nc2scc(-c3ccc4c(c3)CCCC4)c2c(=O)[nH]1)C1CCCCC1. The molecule has 0 spiro atoms. The highest BCUT2D eigenvalue weighted by Crippen LogP contribution is 2.34. The van der Waals surface area contributed by atoms with Crippen LogP contribution in [0, 0.1) is 0 Å². The molecular formula is C25H29N3O2S2. The maximum Gasteiger partial charge on any atom is 0.260 e. The largest absolute Gasteiger partial charge is 0.342 e. The molecule has 5 nitrogen and oxygen atoms in total. The fourth-order valence-electron chi connectivity index (χ4n) is 5.01. The van der Waals surface area contributed by atoms with Crippen LogP contribution < -0.4 is 5.56 Å². The van der Waals surface area contributed by atoms with Crippen molar-refractivity contribution in [2.24, 2.45) is 0 Å². The van der Waals surface area contributed by atoms with Gasteiger partial charge in [0.1, 0.15) is 4.83 Å². The van der Waals surface area contributed by atoms with E-state index < -0.39 is 0 Å². The molecule has 168 valence electrons. The Morgan fingerprint density at radius 2 is 1.94 bits per heavy atom. The highest BCUT2D eigenvalue weighted by molar-refractivity contribution is 7.99. The van der Waals surface area contributed by atoms with Gasteiger partial charge in [-0.05, 0) is 55.2 Å². The van der Waals surface area contributed by atoms with Crippen molar-refractivity contribution < 1.29 is 4.79 Å². The van der Waals surface area contributed by atoms with Crippen LogP contribution in [0.3, 0.4) is 0 Å². The van der Waals surface area contributed by atoms with Gasteiger partial charge in [0.25, 0.3) is 5.56 Å². The van der Waals surface area contributed by atoms with Crippen LogP contribution in [0.5, 0.6) is 0 Å². The van der Waals surface area contributed by atoms with E-state index in [2.05, 4.69) is 28.2 Å². The number of hydrogen-bond acceptors (Lipinski definition) is 5. The lowest BCUT2D eigenvalue weighted by atomic mass is 9.89. The third-order valence-corrected chi connectivity index (χ3v) is 8.66. The van der Waals surface area contributed by atoms with E-state index in [0.29, 0.717) is 22.3 Å². The number of aryl methyl sites for hydroxylation is 2. The van der Waals surface area contributed by atoms with Gasteiger partial charge in [0.2, 0.25) is 5.91 Å². The number of aromatic amines is 1. The van der Waals surface area contributed by atoms with Gasteiger partial charge in [-0.15, -0.1) is 11.3 Å². The number of H-pyrrole nitrogens is 1. The summed E-state index contributed by atoms with van der Waals surface area (Å²) in [6.45, 7) is 0. The summed E-state index contributed by atoms with van der Waals surface area (Å²) in [5, 5.41) is 3.21. The molecule has 0 unspecified atom stereocenters. The molecule has 0 bridgehead atoms. The van der Waals surface area contributed by atoms with Crippen LogP contribution in [0.4, 0.5) is 0 Å². The van der Waals surface area contributed by atoms with Crippen molar-refractivity contribution in [2.45, 2.75) is 69.0 Å². The van der Waals surface area contributed by atoms with Gasteiger partial charge in [0.05, 0.1) is 11.1 Å². The van der Waals surface area contributed by atoms with E-state index in [4.69, 9.17) is 0 Å². The Labute approximate surface area is 196 Å². The van der Waals surface area contributed by atoms with Gasteiger partial charge >= 0.3 is 0 Å². The third-order valence-electron chi connectivity index (χ3n) is 6.93. The standard InChI is InChI=1S/C25H29N3O2S2/c1-28(19-9-3-2-4-10-19)21(29)15-32-25-26-23(30)22-20(14-31-24(22)27-25)18-12-11-16-7-5-6-8-17(16)13-18/h11-14,19H,2-10,15H2,1H3,(H,26,27,30). The van der Waals surface area contributed by atoms with Crippen molar-refractivity contribution >= 4 is 39.2 Å². The van der Waals surface area contributed by atoms with Gasteiger partial charge in [-0.2, -0.15) is 0 Å². The maximum absolute atomic E-state index is 13.0. The molecule has 7 heteroatoms. The molecule has 1 amide bonds. The molecule has 0 atom stereocenters. The first-order valence-electron chi connectivity index (χ1n) is 11.6. The number of fused-ring (bicyclic) bond motifs is 2. The Morgan fingerprint density at radius 1 is 1.16 bits per heavy atom. The number of benzene rings is 1. The monoisotopic (exact) mass is 467 g/mol. The van der Waals surface area contributed by atoms with Crippen LogP contribution in [0.25, 0.3) is 21.3 Å². The van der Waals surface area contributed by atoms with E-state index in [1.54, 1.807) is 0 Å². The molecule has 0 saturated heterocycles. The summed E-state index contributed by atoms with van der Waals surface area (Å²) in [7, 11) is 1.91. The minimum Gasteiger partial charge on any atom is -0.342 e. The zero-order valence-electron chi connectivity index (χ0n) is 18.5. The normalized spacial score (nSPS) is 16.8. The fourth-order valence-corrected chi connectivity index (χ4v) is 6.81. The van der Waals surface area contributed by atoms with Gasteiger partial charge < -0.3 is 9.88 Å². The predicted molar refractivity (Wildman–Crippen MR) is 133 cm³/mol. The lowest BCUT2D eigenvalue weighted by Gasteiger charge is -2.31. The van der Waals surface area contributed by atoms with Crippen LogP contribution in [0.2, 0.25) is 0 Å². The van der Waals surface area contributed by atoms with Crippen molar-refractivity contribution in [1.82, 2.24) is 14.9 Å². The summed E-state index contributed by atoms with van der Waals surface area (Å²) >= 11 is 2.82. The second-order valence-corrected chi connectivity index (χ2v) is 10.8. The van der Waals surface area contributed by atoms with E-state index in [-0.39, 0.29) is 11.5 Å². The Bertz CT molecular complexity index is 1190. The first kappa shape index (κ1) is 21.7. The smallest absolute Gasteiger partial charge is 0.260 e. The molecule has 2 aliphatic rings. The summed E-state index contributed by atoms with van der Waals surface area (Å²) in [5.41, 5.74) is 4.77. The lowest BCUT2D eigenvalue weighted by Crippen LogP contribution is -2.39. The van der Waals surface area contributed by atoms with Crippen LogP contribution >= 0.6 is 23.1 Å². The highest BCUT2D eigenvalue weighted by atomic mass is 32.2. The molecule has 5 rings (SSSR count). The average Bonchev–Trinajstić information content (AvgIpc) is 3.27. The van der Waals surface area contributed by atoms with Crippen molar-refractivity contribution in [3.05, 3.63) is 45.1 Å². The zero-order chi connectivity index (χ0) is 22.1. The molecule has 1 saturated carbocycles. The molecule has 2 aromatic heterocycles. The van der Waals surface area contributed by atoms with E-state index >= 15 is 0 Å². The summed E-state index contributed by atoms with van der Waals surface area (Å²) in [6, 6.07) is 6.95. The number of thiophene rings is 1. The van der Waals surface area contributed by atoms with E-state index in [0.717, 1.165) is 41.6 Å². The summed E-state index contributed by atoms with van der Waals surface area (Å²) < 4.78 is 0. The molecular weight excluding hydrogens is 438 g/mol. The number of carbonyl (C=O) groups is 1. The Morgan fingerprint density at radius 3 is 2.75 bits per heavy atom. The van der Waals surface area contributed by atoms with Crippen LogP contribution in [0.1, 0.15) is 56.1 Å². The first-order chi connectivity index (χ1) is 15.6. The second-order valence-electron chi connectivity index (χ2n) is 8.98. The van der Waals surface area contributed by atoms with Gasteiger partial charge in [0, 0.05) is 24.0 Å². The van der Waals surface area contributed by atoms with Gasteiger partial charge in [0.15, 0.2) is 5.16 Å². The Kier molecular flexibility index (Phi) is 6.37. The predicted octanol–water partition coefficient (Wildman–Crippen LogP) is 5.41. The summed E-state index contributed by atoms with van der Waals surface area (Å²) in [4.78, 5) is 35.8. The number of aromatic nitrogens is 2. The number of nitrogens with zero attached hydrogens (tertiary/aromatic N) is 2. The number of hydrogen-bond donors (Lipinski definition) is 1. The average molecular weight is 468 g/mol. The molecule has 2 heterocycles. The number of nitrogens with one attached hydrogen (secondary N) is 1. The zero-order valence-corrected chi connectivity index (χ0v) is 20.1. The minimum absolute atomic E-state index is 0.102. The van der Waals surface area contributed by atoms with E-state index in [9.17, 15) is 9.59 Å². The molecule has 1 fully saturated rings. The van der Waals surface area contributed by atoms with E-state index in [1.165, 1.54) is 66.3 Å².